The average molecular weight is 828 g/mol. The van der Waals surface area contributed by atoms with E-state index >= 15 is 0 Å². The van der Waals surface area contributed by atoms with E-state index in [-0.39, 0.29) is 0 Å². The van der Waals surface area contributed by atoms with Crippen molar-refractivity contribution < 1.29 is 0 Å². The smallest absolute Gasteiger partial charge is 0.0107 e. The van der Waals surface area contributed by atoms with Gasteiger partial charge in [0.25, 0.3) is 0 Å². The number of benzene rings is 3. The maximum absolute atomic E-state index is 2.37. The maximum Gasteiger partial charge on any atom is 0.0107 e. The first-order chi connectivity index (χ1) is 26.3. The van der Waals surface area contributed by atoms with E-state index in [0.29, 0.717) is 54.7 Å². The van der Waals surface area contributed by atoms with Crippen molar-refractivity contribution in [3.05, 3.63) is 95.6 Å². The summed E-state index contributed by atoms with van der Waals surface area (Å²) in [7, 11) is 0. The number of hydrogen-bond acceptors (Lipinski definition) is 0. The van der Waals surface area contributed by atoms with Crippen molar-refractivity contribution in [1.29, 1.82) is 0 Å². The second-order valence-electron chi connectivity index (χ2n) is 28.9. The van der Waals surface area contributed by atoms with E-state index < -0.39 is 0 Å². The molecule has 0 atom stereocenters. The van der Waals surface area contributed by atoms with E-state index in [1.807, 2.05) is 0 Å². The van der Waals surface area contributed by atoms with Crippen LogP contribution in [0.3, 0.4) is 0 Å². The Kier molecular flexibility index (Phi) is 23.3. The Morgan fingerprint density at radius 1 is 0.333 bits per heavy atom. The van der Waals surface area contributed by atoms with Crippen LogP contribution >= 0.6 is 0 Å². The molecule has 0 nitrogen and oxygen atoms in total. The molecule has 0 saturated carbocycles. The van der Waals surface area contributed by atoms with Crippen LogP contribution in [-0.2, 0) is 6.42 Å². The number of rotatable bonds is 3. The largest absolute Gasteiger partial charge is 0.0622 e. The predicted octanol–water partition coefficient (Wildman–Crippen LogP) is 20.6. The number of fused-ring (bicyclic) bond motifs is 3. The van der Waals surface area contributed by atoms with Gasteiger partial charge in [0.15, 0.2) is 0 Å². The second-order valence-corrected chi connectivity index (χ2v) is 28.9. The average Bonchev–Trinajstić information content (AvgIpc) is 3.25. The van der Waals surface area contributed by atoms with Gasteiger partial charge in [-0.1, -0.05) is 273 Å². The van der Waals surface area contributed by atoms with E-state index in [1.54, 1.807) is 0 Å². The zero-order valence-electron chi connectivity index (χ0n) is 45.9. The van der Waals surface area contributed by atoms with Crippen LogP contribution in [0.4, 0.5) is 0 Å². The molecule has 1 aliphatic rings. The van der Waals surface area contributed by atoms with E-state index in [2.05, 4.69) is 273 Å². The third-order valence-corrected chi connectivity index (χ3v) is 9.42. The van der Waals surface area contributed by atoms with Crippen molar-refractivity contribution in [2.75, 3.05) is 0 Å². The van der Waals surface area contributed by atoms with E-state index in [9.17, 15) is 0 Å². The second kappa shape index (κ2) is 23.4. The first kappa shape index (κ1) is 59.8. The van der Waals surface area contributed by atoms with E-state index in [1.165, 1.54) is 47.1 Å². The Morgan fingerprint density at radius 2 is 0.633 bits per heavy atom. The Balaban J connectivity index is 0. The summed E-state index contributed by atoms with van der Waals surface area (Å²) in [6, 6.07) is 28.4. The summed E-state index contributed by atoms with van der Waals surface area (Å²) in [5.74, 6) is 0.567. The lowest BCUT2D eigenvalue weighted by molar-refractivity contribution is 0.0743. The molecule has 60 heavy (non-hydrogen) atoms. The Labute approximate surface area is 379 Å². The minimum Gasteiger partial charge on any atom is -0.0622 e. The van der Waals surface area contributed by atoms with Gasteiger partial charge in [-0.25, -0.2) is 0 Å². The van der Waals surface area contributed by atoms with Gasteiger partial charge < -0.3 is 0 Å². The first-order valence-corrected chi connectivity index (χ1v) is 23.5. The lowest BCUT2D eigenvalue weighted by Crippen LogP contribution is -2.33. The van der Waals surface area contributed by atoms with Crippen LogP contribution in [0.5, 0.6) is 0 Å². The Morgan fingerprint density at radius 3 is 0.867 bits per heavy atom. The van der Waals surface area contributed by atoms with Crippen molar-refractivity contribution in [3.8, 4) is 11.1 Å². The molecule has 0 bridgehead atoms. The van der Waals surface area contributed by atoms with Crippen LogP contribution in [0, 0.1) is 48.7 Å². The molecule has 346 valence electrons. The highest BCUT2D eigenvalue weighted by molar-refractivity contribution is 5.78. The zero-order valence-corrected chi connectivity index (χ0v) is 45.9. The normalized spacial score (nSPS) is 13.5. The fourth-order valence-electron chi connectivity index (χ4n) is 7.48. The fourth-order valence-corrected chi connectivity index (χ4v) is 7.48. The van der Waals surface area contributed by atoms with Gasteiger partial charge in [-0.15, -0.1) is 0 Å². The summed E-state index contributed by atoms with van der Waals surface area (Å²) in [4.78, 5) is 0. The maximum atomic E-state index is 2.37. The van der Waals surface area contributed by atoms with Crippen molar-refractivity contribution >= 4 is 0 Å². The van der Waals surface area contributed by atoms with Gasteiger partial charge in [0.1, 0.15) is 0 Å². The first-order valence-electron chi connectivity index (χ1n) is 23.5. The summed E-state index contributed by atoms with van der Waals surface area (Å²) in [5, 5.41) is 0. The molecule has 0 spiro atoms. The third kappa shape index (κ3) is 33.3. The molecule has 0 amide bonds. The Hall–Kier alpha value is -2.34. The highest BCUT2D eigenvalue weighted by Crippen LogP contribution is 2.49. The molecule has 0 unspecified atom stereocenters. The van der Waals surface area contributed by atoms with E-state index in [4.69, 9.17) is 0 Å². The van der Waals surface area contributed by atoms with Crippen LogP contribution in [0.25, 0.3) is 11.1 Å². The summed E-state index contributed by atoms with van der Waals surface area (Å²) in [5.41, 5.74) is 11.3. The molecule has 0 heteroatoms. The molecule has 0 aromatic heterocycles. The molecule has 0 fully saturated rings. The molecule has 0 radical (unpaired) electrons. The lowest BCUT2D eigenvalue weighted by Gasteiger charge is -2.43. The SMILES string of the molecule is CC(C)(C)C.CC(C)(C)C.CC(C)(C)CC(C)(C)C.CC(C)(C)CC(C)(C)C(C)(C)C.CC(C)(C)CC1c2ccccc2-c2ccccc21.CC(C)(C)Cc1ccccc1. The highest BCUT2D eigenvalue weighted by Gasteiger charge is 2.36. The molecule has 4 rings (SSSR count). The van der Waals surface area contributed by atoms with E-state index in [0.717, 1.165) is 6.42 Å². The van der Waals surface area contributed by atoms with Gasteiger partial charge in [0.2, 0.25) is 0 Å². The molecule has 0 aliphatic heterocycles. The monoisotopic (exact) mass is 827 g/mol. The van der Waals surface area contributed by atoms with Crippen molar-refractivity contribution in [2.45, 2.75) is 225 Å². The topological polar surface area (TPSA) is 0 Å². The standard InChI is InChI=1S/C18H20.C12H26.C11H16.C9H20.2C5H12/c1-18(2,3)12-17-15-10-6-4-8-13(15)14-9-5-7-11-16(14)17;1-10(2,3)9-12(7,8)11(4,5)6;1-11(2,3)9-10-7-5-4-6-8-10;1-8(2,3)7-9(4,5)6;2*1-5(2,3)4/h4-11,17H,12H2,1-3H3;9H2,1-8H3;4-8H,9H2,1-3H3;7H2,1-6H3;2*1-4H3. The van der Waals surface area contributed by atoms with Gasteiger partial charge in [0, 0.05) is 5.92 Å². The van der Waals surface area contributed by atoms with Gasteiger partial charge in [-0.3, -0.25) is 0 Å². The van der Waals surface area contributed by atoms with Gasteiger partial charge in [0.05, 0.1) is 0 Å². The highest BCUT2D eigenvalue weighted by atomic mass is 14.4. The molecular weight excluding hydrogens is 721 g/mol. The summed E-state index contributed by atoms with van der Waals surface area (Å²) < 4.78 is 0. The molecule has 0 heterocycles. The van der Waals surface area contributed by atoms with Crippen LogP contribution < -0.4 is 0 Å². The fraction of sp³-hybridized carbons (Fsp3) is 0.700. The lowest BCUT2D eigenvalue weighted by atomic mass is 9.63. The third-order valence-electron chi connectivity index (χ3n) is 9.42. The molecule has 3 aromatic rings. The van der Waals surface area contributed by atoms with Crippen LogP contribution in [0.15, 0.2) is 78.9 Å². The summed E-state index contributed by atoms with van der Waals surface area (Å²) in [6.07, 6.45) is 4.94. The van der Waals surface area contributed by atoms with Crippen molar-refractivity contribution in [1.82, 2.24) is 0 Å². The molecule has 0 saturated heterocycles. The predicted molar refractivity (Wildman–Crippen MR) is 278 cm³/mol. The van der Waals surface area contributed by atoms with Crippen LogP contribution in [0.1, 0.15) is 236 Å². The van der Waals surface area contributed by atoms with Gasteiger partial charge >= 0.3 is 0 Å². The minimum absolute atomic E-state index is 0.356. The Bertz CT molecular complexity index is 1490. The molecular formula is C60H106. The molecule has 1 aliphatic carbocycles. The van der Waals surface area contributed by atoms with Crippen molar-refractivity contribution in [3.63, 3.8) is 0 Å². The molecule has 0 N–H and O–H groups in total. The number of hydrogen-bond donors (Lipinski definition) is 0. The van der Waals surface area contributed by atoms with Gasteiger partial charge in [-0.05, 0) is 102 Å². The van der Waals surface area contributed by atoms with Crippen molar-refractivity contribution in [2.24, 2.45) is 48.7 Å². The summed E-state index contributed by atoms with van der Waals surface area (Å²) >= 11 is 0. The van der Waals surface area contributed by atoms with Crippen LogP contribution in [-0.4, -0.2) is 0 Å². The van der Waals surface area contributed by atoms with Gasteiger partial charge in [-0.2, -0.15) is 0 Å². The van der Waals surface area contributed by atoms with Crippen LogP contribution in [0.2, 0.25) is 0 Å². The quantitative estimate of drug-likeness (QED) is 0.247. The summed E-state index contributed by atoms with van der Waals surface area (Å²) in [6.45, 7) is 63.7. The molecule has 3 aromatic carbocycles. The minimum atomic E-state index is 0.356. The zero-order chi connectivity index (χ0) is 48.0.